The maximum Gasteiger partial charge on any atom is 0.182 e. The molecule has 78 valence electrons. The van der Waals surface area contributed by atoms with Crippen molar-refractivity contribution in [2.24, 2.45) is 10.9 Å². The number of rotatable bonds is 1. The van der Waals surface area contributed by atoms with Crippen molar-refractivity contribution in [1.29, 1.82) is 0 Å². The van der Waals surface area contributed by atoms with Gasteiger partial charge in [-0.1, -0.05) is 25.9 Å². The Kier molecular flexibility index (Phi) is 2.71. The van der Waals surface area contributed by atoms with Crippen LogP contribution in [-0.4, -0.2) is 11.0 Å². The first-order valence-electron chi connectivity index (χ1n) is 4.24. The van der Waals surface area contributed by atoms with E-state index in [4.69, 9.17) is 16.7 Å². The molecular formula is C9H15N3OS. The summed E-state index contributed by atoms with van der Waals surface area (Å²) in [4.78, 5) is 1.76. The lowest BCUT2D eigenvalue weighted by Crippen LogP contribution is -2.12. The van der Waals surface area contributed by atoms with Crippen LogP contribution in [0, 0.1) is 0 Å². The fourth-order valence-corrected chi connectivity index (χ4v) is 2.05. The van der Waals surface area contributed by atoms with E-state index in [1.807, 2.05) is 6.07 Å². The van der Waals surface area contributed by atoms with Crippen LogP contribution in [0.4, 0.5) is 5.69 Å². The van der Waals surface area contributed by atoms with Crippen LogP contribution in [0.3, 0.4) is 0 Å². The first kappa shape index (κ1) is 10.8. The van der Waals surface area contributed by atoms with Crippen molar-refractivity contribution in [3.63, 3.8) is 0 Å². The van der Waals surface area contributed by atoms with Crippen LogP contribution in [0.1, 0.15) is 30.5 Å². The molecule has 0 aromatic carbocycles. The summed E-state index contributed by atoms with van der Waals surface area (Å²) in [5.41, 5.74) is 11.8. The second-order valence-corrected chi connectivity index (χ2v) is 5.18. The molecule has 1 heterocycles. The van der Waals surface area contributed by atoms with Crippen molar-refractivity contribution < 1.29 is 5.21 Å². The van der Waals surface area contributed by atoms with E-state index in [9.17, 15) is 0 Å². The van der Waals surface area contributed by atoms with E-state index >= 15 is 0 Å². The number of hydrogen-bond acceptors (Lipinski definition) is 4. The van der Waals surface area contributed by atoms with Gasteiger partial charge in [0.25, 0.3) is 0 Å². The molecule has 0 aliphatic carbocycles. The second-order valence-electron chi connectivity index (χ2n) is 4.13. The normalized spacial score (nSPS) is 13.2. The summed E-state index contributed by atoms with van der Waals surface area (Å²) in [6.07, 6.45) is 0. The lowest BCUT2D eigenvalue weighted by molar-refractivity contribution is 0.319. The van der Waals surface area contributed by atoms with E-state index in [2.05, 4.69) is 25.9 Å². The molecule has 0 saturated carbocycles. The predicted molar refractivity (Wildman–Crippen MR) is 59.9 cm³/mol. The van der Waals surface area contributed by atoms with Crippen molar-refractivity contribution in [3.8, 4) is 0 Å². The van der Waals surface area contributed by atoms with Gasteiger partial charge in [0.1, 0.15) is 0 Å². The van der Waals surface area contributed by atoms with Gasteiger partial charge >= 0.3 is 0 Å². The molecule has 0 unspecified atom stereocenters. The van der Waals surface area contributed by atoms with Gasteiger partial charge in [0.15, 0.2) is 5.84 Å². The highest BCUT2D eigenvalue weighted by Gasteiger charge is 2.19. The molecule has 0 atom stereocenters. The van der Waals surface area contributed by atoms with Gasteiger partial charge in [-0.3, -0.25) is 0 Å². The molecule has 5 heteroatoms. The Hall–Kier alpha value is -1.23. The van der Waals surface area contributed by atoms with Crippen molar-refractivity contribution in [2.75, 3.05) is 5.73 Å². The molecule has 0 radical (unpaired) electrons. The third-order valence-electron chi connectivity index (χ3n) is 1.84. The summed E-state index contributed by atoms with van der Waals surface area (Å²) >= 11 is 1.46. The summed E-state index contributed by atoms with van der Waals surface area (Å²) in [5, 5.41) is 11.5. The van der Waals surface area contributed by atoms with Crippen LogP contribution >= 0.6 is 11.3 Å². The molecule has 0 bridgehead atoms. The number of amidine groups is 1. The zero-order valence-electron chi connectivity index (χ0n) is 8.53. The molecule has 14 heavy (non-hydrogen) atoms. The zero-order chi connectivity index (χ0) is 10.9. The van der Waals surface area contributed by atoms with Crippen LogP contribution in [0.5, 0.6) is 0 Å². The lowest BCUT2D eigenvalue weighted by atomic mass is 9.95. The standard InChI is InChI=1S/C9H15N3OS/c1-9(2,3)6-4-5(10)7(14-6)8(11)12-13/h4,13H,10H2,1-3H3,(H2,11,12). The third kappa shape index (κ3) is 1.98. The average Bonchev–Trinajstić information content (AvgIpc) is 2.45. The van der Waals surface area contributed by atoms with Gasteiger partial charge in [-0.2, -0.15) is 0 Å². The molecule has 5 N–H and O–H groups in total. The highest BCUT2D eigenvalue weighted by Crippen LogP contribution is 2.33. The molecular weight excluding hydrogens is 198 g/mol. The van der Waals surface area contributed by atoms with Gasteiger partial charge in [-0.05, 0) is 11.5 Å². The minimum atomic E-state index is 0.0345. The van der Waals surface area contributed by atoms with Crippen molar-refractivity contribution in [3.05, 3.63) is 15.8 Å². The maximum absolute atomic E-state index is 8.54. The van der Waals surface area contributed by atoms with Crippen molar-refractivity contribution >= 4 is 22.9 Å². The molecule has 0 amide bonds. The smallest absolute Gasteiger partial charge is 0.182 e. The fourth-order valence-electron chi connectivity index (χ4n) is 1.02. The number of anilines is 1. The topological polar surface area (TPSA) is 84.6 Å². The number of hydrogen-bond donors (Lipinski definition) is 3. The Bertz CT molecular complexity index is 363. The first-order chi connectivity index (χ1) is 6.36. The SMILES string of the molecule is CC(C)(C)c1cc(N)c(/C(N)=N\O)s1. The molecule has 0 aliphatic heterocycles. The number of oxime groups is 1. The minimum Gasteiger partial charge on any atom is -0.409 e. The van der Waals surface area contributed by atoms with Crippen LogP contribution < -0.4 is 11.5 Å². The van der Waals surface area contributed by atoms with Crippen molar-refractivity contribution in [2.45, 2.75) is 26.2 Å². The molecule has 1 rings (SSSR count). The molecule has 4 nitrogen and oxygen atoms in total. The Morgan fingerprint density at radius 2 is 2.07 bits per heavy atom. The van der Waals surface area contributed by atoms with Crippen LogP contribution in [-0.2, 0) is 5.41 Å². The monoisotopic (exact) mass is 213 g/mol. The Morgan fingerprint density at radius 1 is 1.50 bits per heavy atom. The number of nitrogen functional groups attached to an aromatic ring is 1. The van der Waals surface area contributed by atoms with E-state index in [0.717, 1.165) is 4.88 Å². The molecule has 1 aromatic rings. The average molecular weight is 213 g/mol. The highest BCUT2D eigenvalue weighted by atomic mass is 32.1. The van der Waals surface area contributed by atoms with E-state index < -0.39 is 0 Å². The van der Waals surface area contributed by atoms with Crippen molar-refractivity contribution in [1.82, 2.24) is 0 Å². The van der Waals surface area contributed by atoms with E-state index in [1.54, 1.807) is 0 Å². The quantitative estimate of drug-likeness (QED) is 0.287. The number of thiophene rings is 1. The van der Waals surface area contributed by atoms with E-state index in [-0.39, 0.29) is 11.3 Å². The van der Waals surface area contributed by atoms with E-state index in [1.165, 1.54) is 11.3 Å². The van der Waals surface area contributed by atoms with E-state index in [0.29, 0.717) is 10.6 Å². The third-order valence-corrected chi connectivity index (χ3v) is 3.44. The highest BCUT2D eigenvalue weighted by molar-refractivity contribution is 7.14. The minimum absolute atomic E-state index is 0.0345. The Balaban J connectivity index is 3.18. The first-order valence-corrected chi connectivity index (χ1v) is 5.05. The summed E-state index contributed by atoms with van der Waals surface area (Å²) in [7, 11) is 0. The summed E-state index contributed by atoms with van der Waals surface area (Å²) in [5.74, 6) is 0.0722. The predicted octanol–water partition coefficient (Wildman–Crippen LogP) is 1.72. The molecule has 0 saturated heterocycles. The van der Waals surface area contributed by atoms with Crippen LogP contribution in [0.2, 0.25) is 0 Å². The maximum atomic E-state index is 8.54. The lowest BCUT2D eigenvalue weighted by Gasteiger charge is -2.14. The molecule has 0 aliphatic rings. The summed E-state index contributed by atoms with van der Waals surface area (Å²) in [6.45, 7) is 6.27. The Labute approximate surface area is 87.2 Å². The molecule has 1 aromatic heterocycles. The largest absolute Gasteiger partial charge is 0.409 e. The Morgan fingerprint density at radius 3 is 2.43 bits per heavy atom. The summed E-state index contributed by atoms with van der Waals surface area (Å²) in [6, 6.07) is 1.87. The van der Waals surface area contributed by atoms with Gasteiger partial charge in [0, 0.05) is 4.88 Å². The van der Waals surface area contributed by atoms with Gasteiger partial charge in [0.05, 0.1) is 10.6 Å². The number of nitrogens with two attached hydrogens (primary N) is 2. The van der Waals surface area contributed by atoms with Gasteiger partial charge in [0.2, 0.25) is 0 Å². The molecule has 0 spiro atoms. The second kappa shape index (κ2) is 3.49. The van der Waals surface area contributed by atoms with Gasteiger partial charge in [-0.25, -0.2) is 0 Å². The van der Waals surface area contributed by atoms with Gasteiger partial charge in [-0.15, -0.1) is 11.3 Å². The van der Waals surface area contributed by atoms with Crippen LogP contribution in [0.25, 0.3) is 0 Å². The summed E-state index contributed by atoms with van der Waals surface area (Å²) < 4.78 is 0. The number of nitrogens with zero attached hydrogens (tertiary/aromatic N) is 1. The van der Waals surface area contributed by atoms with Crippen LogP contribution in [0.15, 0.2) is 11.2 Å². The van der Waals surface area contributed by atoms with Gasteiger partial charge < -0.3 is 16.7 Å². The zero-order valence-corrected chi connectivity index (χ0v) is 9.35. The molecule has 0 fully saturated rings. The fraction of sp³-hybridized carbons (Fsp3) is 0.444.